The summed E-state index contributed by atoms with van der Waals surface area (Å²) in [4.78, 5) is 21.1. The number of nitrogens with zero attached hydrogens (tertiary/aromatic N) is 3. The minimum absolute atomic E-state index is 0.00769. The van der Waals surface area contributed by atoms with E-state index in [2.05, 4.69) is 45.1 Å². The van der Waals surface area contributed by atoms with Crippen LogP contribution in [0.1, 0.15) is 56.7 Å². The molecule has 8 nitrogen and oxygen atoms in total. The predicted octanol–water partition coefficient (Wildman–Crippen LogP) is 1.45. The molecule has 0 aromatic carbocycles. The van der Waals surface area contributed by atoms with Crippen LogP contribution in [0.2, 0.25) is 0 Å². The zero-order valence-corrected chi connectivity index (χ0v) is 14.7. The van der Waals surface area contributed by atoms with Crippen LogP contribution < -0.4 is 16.2 Å². The number of rotatable bonds is 6. The molecule has 3 N–H and O–H groups in total. The monoisotopic (exact) mass is 344 g/mol. The van der Waals surface area contributed by atoms with E-state index in [1.807, 2.05) is 25.1 Å². The lowest BCUT2D eigenvalue weighted by Gasteiger charge is -2.13. The molecule has 1 amide bonds. The van der Waals surface area contributed by atoms with Crippen molar-refractivity contribution in [2.75, 3.05) is 0 Å². The van der Waals surface area contributed by atoms with Gasteiger partial charge in [-0.25, -0.2) is 10.9 Å². The van der Waals surface area contributed by atoms with Crippen LogP contribution >= 0.6 is 0 Å². The lowest BCUT2D eigenvalue weighted by molar-refractivity contribution is -0.123. The Bertz CT molecular complexity index is 702. The Morgan fingerprint density at radius 1 is 1.36 bits per heavy atom. The van der Waals surface area contributed by atoms with Gasteiger partial charge in [-0.3, -0.25) is 9.78 Å². The smallest absolute Gasteiger partial charge is 0.248 e. The molecule has 0 bridgehead atoms. The van der Waals surface area contributed by atoms with Crippen molar-refractivity contribution in [3.8, 4) is 0 Å². The lowest BCUT2D eigenvalue weighted by atomic mass is 10.1. The highest BCUT2D eigenvalue weighted by Crippen LogP contribution is 2.21. The molecule has 3 atom stereocenters. The van der Waals surface area contributed by atoms with Crippen molar-refractivity contribution in [2.24, 2.45) is 5.92 Å². The van der Waals surface area contributed by atoms with E-state index in [9.17, 15) is 4.79 Å². The number of amides is 1. The molecular formula is C17H24N6O2. The molecule has 3 heterocycles. The highest BCUT2D eigenvalue weighted by atomic mass is 16.5. The molecule has 3 rings (SSSR count). The zero-order chi connectivity index (χ0) is 17.8. The van der Waals surface area contributed by atoms with Gasteiger partial charge in [0.25, 0.3) is 0 Å². The second-order valence-corrected chi connectivity index (χ2v) is 6.76. The third kappa shape index (κ3) is 4.40. The number of aromatic nitrogens is 3. The van der Waals surface area contributed by atoms with Crippen LogP contribution in [-0.2, 0) is 11.2 Å². The summed E-state index contributed by atoms with van der Waals surface area (Å²) in [7, 11) is 0. The molecule has 134 valence electrons. The number of hydrazine groups is 1. The fourth-order valence-electron chi connectivity index (χ4n) is 2.77. The minimum atomic E-state index is -0.340. The van der Waals surface area contributed by atoms with E-state index in [0.29, 0.717) is 24.1 Å². The van der Waals surface area contributed by atoms with Crippen molar-refractivity contribution >= 4 is 5.91 Å². The van der Waals surface area contributed by atoms with E-state index < -0.39 is 0 Å². The number of hydrogen-bond donors (Lipinski definition) is 3. The van der Waals surface area contributed by atoms with Crippen molar-refractivity contribution in [3.05, 3.63) is 41.8 Å². The Kier molecular flexibility index (Phi) is 5.40. The number of carbonyl (C=O) groups excluding carboxylic acids is 1. The van der Waals surface area contributed by atoms with Crippen LogP contribution in [0.25, 0.3) is 0 Å². The van der Waals surface area contributed by atoms with Gasteiger partial charge in [0.2, 0.25) is 11.8 Å². The summed E-state index contributed by atoms with van der Waals surface area (Å²) in [5.74, 6) is 1.44. The molecule has 1 saturated heterocycles. The maximum absolute atomic E-state index is 12.5. The number of nitrogens with one attached hydrogen (secondary N) is 3. The van der Waals surface area contributed by atoms with Crippen LogP contribution in [0.5, 0.6) is 0 Å². The Morgan fingerprint density at radius 3 is 2.92 bits per heavy atom. The maximum atomic E-state index is 12.5. The van der Waals surface area contributed by atoms with Crippen molar-refractivity contribution in [1.82, 2.24) is 31.3 Å². The third-order valence-corrected chi connectivity index (χ3v) is 4.07. The summed E-state index contributed by atoms with van der Waals surface area (Å²) in [6, 6.07) is 5.08. The number of pyridine rings is 1. The van der Waals surface area contributed by atoms with Gasteiger partial charge in [0.05, 0.1) is 11.7 Å². The first-order chi connectivity index (χ1) is 12.0. The van der Waals surface area contributed by atoms with Crippen molar-refractivity contribution in [3.63, 3.8) is 0 Å². The average Bonchev–Trinajstić information content (AvgIpc) is 3.24. The third-order valence-electron chi connectivity index (χ3n) is 4.07. The highest BCUT2D eigenvalue weighted by molar-refractivity contribution is 5.82. The first kappa shape index (κ1) is 17.5. The molecule has 2 aromatic heterocycles. The second-order valence-electron chi connectivity index (χ2n) is 6.76. The van der Waals surface area contributed by atoms with Crippen molar-refractivity contribution in [2.45, 2.75) is 51.7 Å². The number of hydrogen-bond acceptors (Lipinski definition) is 7. The fourth-order valence-corrected chi connectivity index (χ4v) is 2.77. The van der Waals surface area contributed by atoms with E-state index >= 15 is 0 Å². The first-order valence-electron chi connectivity index (χ1n) is 8.57. The molecule has 25 heavy (non-hydrogen) atoms. The van der Waals surface area contributed by atoms with E-state index in [4.69, 9.17) is 4.52 Å². The first-order valence-corrected chi connectivity index (χ1v) is 8.57. The summed E-state index contributed by atoms with van der Waals surface area (Å²) in [6.45, 7) is 6.03. The van der Waals surface area contributed by atoms with Gasteiger partial charge in [-0.2, -0.15) is 4.98 Å². The van der Waals surface area contributed by atoms with E-state index in [0.717, 1.165) is 12.1 Å². The molecule has 1 aliphatic heterocycles. The molecule has 1 fully saturated rings. The van der Waals surface area contributed by atoms with Crippen LogP contribution in [0.4, 0.5) is 0 Å². The molecule has 0 spiro atoms. The number of carbonyl (C=O) groups is 1. The Labute approximate surface area is 146 Å². The predicted molar refractivity (Wildman–Crippen MR) is 91.1 cm³/mol. The summed E-state index contributed by atoms with van der Waals surface area (Å²) in [5.41, 5.74) is 7.05. The molecule has 2 aromatic rings. The van der Waals surface area contributed by atoms with Gasteiger partial charge in [0.1, 0.15) is 12.1 Å². The lowest BCUT2D eigenvalue weighted by Crippen LogP contribution is -2.44. The van der Waals surface area contributed by atoms with E-state index in [-0.39, 0.29) is 24.0 Å². The van der Waals surface area contributed by atoms with E-state index in [1.165, 1.54) is 0 Å². The minimum Gasteiger partial charge on any atom is -0.343 e. The summed E-state index contributed by atoms with van der Waals surface area (Å²) in [6.07, 6.45) is 3.12. The summed E-state index contributed by atoms with van der Waals surface area (Å²) >= 11 is 0. The van der Waals surface area contributed by atoms with Gasteiger partial charge in [-0.15, -0.1) is 0 Å². The van der Waals surface area contributed by atoms with E-state index in [1.54, 1.807) is 6.20 Å². The largest absolute Gasteiger partial charge is 0.343 e. The molecule has 0 aliphatic carbocycles. The quantitative estimate of drug-likeness (QED) is 0.728. The molecule has 0 saturated carbocycles. The van der Waals surface area contributed by atoms with Gasteiger partial charge in [-0.1, -0.05) is 25.1 Å². The van der Waals surface area contributed by atoms with Crippen LogP contribution in [0.3, 0.4) is 0 Å². The van der Waals surface area contributed by atoms with Crippen LogP contribution in [0, 0.1) is 5.92 Å². The van der Waals surface area contributed by atoms with Crippen LogP contribution in [-0.4, -0.2) is 27.1 Å². The molecule has 1 aliphatic rings. The molecule has 3 unspecified atom stereocenters. The highest BCUT2D eigenvalue weighted by Gasteiger charge is 2.32. The average molecular weight is 344 g/mol. The molecule has 0 radical (unpaired) electrons. The zero-order valence-electron chi connectivity index (χ0n) is 14.7. The Morgan fingerprint density at radius 2 is 2.20 bits per heavy atom. The van der Waals surface area contributed by atoms with Gasteiger partial charge < -0.3 is 9.84 Å². The van der Waals surface area contributed by atoms with Gasteiger partial charge in [-0.05, 0) is 31.4 Å². The maximum Gasteiger partial charge on any atom is 0.248 e. The van der Waals surface area contributed by atoms with Crippen molar-refractivity contribution < 1.29 is 9.32 Å². The normalized spacial score (nSPS) is 21.4. The van der Waals surface area contributed by atoms with Crippen molar-refractivity contribution in [1.29, 1.82) is 0 Å². The standard InChI is InChI=1S/C17H24N6O2/c1-10(2)8-15-20-17(25-23-15)11(3)19-16(24)14-9-13(21-22-14)12-6-4-5-7-18-12/h4-7,10-11,13-14,21-22H,8-9H2,1-3H3,(H,19,24). The molecular weight excluding hydrogens is 320 g/mol. The Balaban J connectivity index is 1.54. The van der Waals surface area contributed by atoms with Gasteiger partial charge >= 0.3 is 0 Å². The topological polar surface area (TPSA) is 105 Å². The van der Waals surface area contributed by atoms with Gasteiger partial charge in [0, 0.05) is 12.6 Å². The fraction of sp³-hybridized carbons (Fsp3) is 0.529. The van der Waals surface area contributed by atoms with Gasteiger partial charge in [0.15, 0.2) is 5.82 Å². The van der Waals surface area contributed by atoms with Crippen LogP contribution in [0.15, 0.2) is 28.9 Å². The Hall–Kier alpha value is -2.32. The summed E-state index contributed by atoms with van der Waals surface area (Å²) < 4.78 is 5.26. The molecule has 8 heteroatoms. The summed E-state index contributed by atoms with van der Waals surface area (Å²) in [5, 5.41) is 6.88. The second kappa shape index (κ2) is 7.71. The SMILES string of the molecule is CC(C)Cc1noc(C(C)NC(=O)C2CC(c3ccccn3)NN2)n1.